The minimum atomic E-state index is -4.70. The molecule has 27 heteroatoms. The van der Waals surface area contributed by atoms with Crippen molar-refractivity contribution in [3.05, 3.63) is 72.6 Å². The van der Waals surface area contributed by atoms with Crippen LogP contribution in [0.1, 0.15) is 39.3 Å². The molecule has 6 rings (SSSR count). The first-order valence-corrected chi connectivity index (χ1v) is 16.7. The first-order valence-electron chi connectivity index (χ1n) is 16.3. The maximum absolute atomic E-state index is 14.2. The van der Waals surface area contributed by atoms with E-state index in [1.165, 1.54) is 6.92 Å². The van der Waals surface area contributed by atoms with E-state index in [2.05, 4.69) is 54.5 Å². The molecular formula is C32H27ClF12N10O4. The highest BCUT2D eigenvalue weighted by atomic mass is 35.5. The summed E-state index contributed by atoms with van der Waals surface area (Å²) in [6, 6.07) is 1.63. The van der Waals surface area contributed by atoms with Crippen LogP contribution in [-0.2, 0) is 16.2 Å². The fraction of sp³-hybridized carbons (Fsp3) is 0.375. The average molecular weight is 879 g/mol. The van der Waals surface area contributed by atoms with Gasteiger partial charge in [-0.3, -0.25) is 18.8 Å². The topological polar surface area (TPSA) is 160 Å². The molecule has 14 nitrogen and oxygen atoms in total. The van der Waals surface area contributed by atoms with Crippen molar-refractivity contribution in [1.82, 2.24) is 49.1 Å². The summed E-state index contributed by atoms with van der Waals surface area (Å²) in [5.74, 6) is -5.77. The van der Waals surface area contributed by atoms with Crippen molar-refractivity contribution in [3.8, 4) is 34.3 Å². The molecule has 0 radical (unpaired) electrons. The van der Waals surface area contributed by atoms with Crippen molar-refractivity contribution in [2.75, 3.05) is 13.2 Å². The standard InChI is InChI=1S/C16H13F6N5O2.C14H8ClF6N5O.C2H6O/c1-3-28-16(21,22)14-26-25-12-6-23-11(7-27(12)14)9-4-10(17)13(24-5-9)29-8(2)15(18,19)20;1-6(14(19,20)21)27-11-8(16)2-7(3-23-11)9-5-26-10(4-22-9)24-25-12(26)13(15,17)18;1-2-3/h4-8H,3H2,1-2H3;2-6H,1H3;3H,2H2,1H3/t8-;6-;/m11./s1. The van der Waals surface area contributed by atoms with Gasteiger partial charge in [0.2, 0.25) is 11.6 Å². The maximum atomic E-state index is 14.2. The van der Waals surface area contributed by atoms with Gasteiger partial charge in [-0.25, -0.2) is 18.7 Å². The number of rotatable bonds is 10. The van der Waals surface area contributed by atoms with E-state index in [0.717, 1.165) is 58.1 Å². The van der Waals surface area contributed by atoms with Gasteiger partial charge in [0, 0.05) is 42.5 Å². The van der Waals surface area contributed by atoms with Gasteiger partial charge in [0.25, 0.3) is 11.8 Å². The lowest BCUT2D eigenvalue weighted by molar-refractivity contribution is -0.251. The number of aliphatic hydroxyl groups excluding tert-OH is 1. The number of halogens is 13. The van der Waals surface area contributed by atoms with Crippen molar-refractivity contribution in [2.24, 2.45) is 0 Å². The van der Waals surface area contributed by atoms with Crippen LogP contribution in [-0.4, -0.2) is 92.0 Å². The van der Waals surface area contributed by atoms with Gasteiger partial charge in [0.05, 0.1) is 30.4 Å². The van der Waals surface area contributed by atoms with E-state index in [0.29, 0.717) is 13.8 Å². The molecule has 0 aromatic carbocycles. The number of hydrogen-bond donors (Lipinski definition) is 1. The van der Waals surface area contributed by atoms with Crippen molar-refractivity contribution < 1.29 is 72.0 Å². The smallest absolute Gasteiger partial charge is 0.425 e. The molecule has 1 N–H and O–H groups in total. The highest BCUT2D eigenvalue weighted by molar-refractivity contribution is 6.21. The summed E-state index contributed by atoms with van der Waals surface area (Å²) in [6.07, 6.45) is -11.3. The minimum absolute atomic E-state index is 0.000972. The Morgan fingerprint density at radius 3 is 1.39 bits per heavy atom. The zero-order valence-electron chi connectivity index (χ0n) is 30.2. The van der Waals surface area contributed by atoms with Crippen LogP contribution >= 0.6 is 11.6 Å². The van der Waals surface area contributed by atoms with Gasteiger partial charge >= 0.3 is 23.8 Å². The van der Waals surface area contributed by atoms with Gasteiger partial charge in [0.1, 0.15) is 0 Å². The average Bonchev–Trinajstić information content (AvgIpc) is 3.78. The predicted molar refractivity (Wildman–Crippen MR) is 178 cm³/mol. The maximum Gasteiger partial charge on any atom is 0.425 e. The van der Waals surface area contributed by atoms with Crippen LogP contribution in [0.2, 0.25) is 0 Å². The minimum Gasteiger partial charge on any atom is -0.463 e. The number of ether oxygens (including phenoxy) is 3. The summed E-state index contributed by atoms with van der Waals surface area (Å²) in [7, 11) is 0. The number of alkyl halides is 11. The predicted octanol–water partition coefficient (Wildman–Crippen LogP) is 7.68. The van der Waals surface area contributed by atoms with Crippen LogP contribution in [0.15, 0.2) is 49.3 Å². The number of hydrogen-bond acceptors (Lipinski definition) is 12. The van der Waals surface area contributed by atoms with Gasteiger partial charge in [-0.05, 0) is 51.4 Å². The van der Waals surface area contributed by atoms with E-state index in [-0.39, 0.29) is 47.0 Å². The molecule has 0 unspecified atom stereocenters. The van der Waals surface area contributed by atoms with Gasteiger partial charge in [-0.15, -0.1) is 20.4 Å². The molecular weight excluding hydrogens is 852 g/mol. The molecule has 59 heavy (non-hydrogen) atoms. The number of aliphatic hydroxyl groups is 1. The summed E-state index contributed by atoms with van der Waals surface area (Å²) < 4.78 is 173. The molecule has 6 aromatic rings. The third kappa shape index (κ3) is 11.3. The normalized spacial score (nSPS) is 13.3. The highest BCUT2D eigenvalue weighted by Gasteiger charge is 2.41. The summed E-state index contributed by atoms with van der Waals surface area (Å²) in [4.78, 5) is 14.9. The monoisotopic (exact) mass is 878 g/mol. The van der Waals surface area contributed by atoms with Crippen molar-refractivity contribution >= 4 is 22.9 Å². The Labute approximate surface area is 327 Å². The molecule has 0 spiro atoms. The molecule has 0 saturated carbocycles. The SMILES string of the molecule is CCO.CCOC(F)(F)c1nnc2cnc(-c3cnc(O[C@H](C)C(F)(F)F)c(F)c3)cn12.C[C@@H](Oc1ncc(-c2cn3c(C(F)(F)Cl)nnc3cn2)cc1F)C(F)(F)F. The van der Waals surface area contributed by atoms with Crippen LogP contribution in [0.3, 0.4) is 0 Å². The third-order valence-electron chi connectivity index (χ3n) is 7.13. The number of pyridine rings is 2. The van der Waals surface area contributed by atoms with E-state index in [1.54, 1.807) is 6.92 Å². The Bertz CT molecular complexity index is 2360. The second-order valence-electron chi connectivity index (χ2n) is 11.4. The highest BCUT2D eigenvalue weighted by Crippen LogP contribution is 2.33. The van der Waals surface area contributed by atoms with Crippen LogP contribution in [0.5, 0.6) is 11.8 Å². The Hall–Kier alpha value is -5.63. The molecule has 0 aliphatic carbocycles. The molecule has 6 aromatic heterocycles. The van der Waals surface area contributed by atoms with E-state index in [1.807, 2.05) is 0 Å². The lowest BCUT2D eigenvalue weighted by atomic mass is 10.2. The van der Waals surface area contributed by atoms with E-state index < -0.39 is 71.1 Å². The molecule has 320 valence electrons. The van der Waals surface area contributed by atoms with Gasteiger partial charge in [-0.2, -0.15) is 43.9 Å². The molecule has 2 atom stereocenters. The van der Waals surface area contributed by atoms with Crippen molar-refractivity contribution in [2.45, 2.75) is 63.7 Å². The van der Waals surface area contributed by atoms with Gasteiger partial charge in [-0.1, -0.05) is 0 Å². The zero-order chi connectivity index (χ0) is 44.1. The Kier molecular flexibility index (Phi) is 14.1. The fourth-order valence-electron chi connectivity index (χ4n) is 4.31. The second kappa shape index (κ2) is 18.1. The van der Waals surface area contributed by atoms with Crippen LogP contribution in [0.25, 0.3) is 33.8 Å². The second-order valence-corrected chi connectivity index (χ2v) is 11.9. The third-order valence-corrected chi connectivity index (χ3v) is 7.30. The lowest BCUT2D eigenvalue weighted by Gasteiger charge is -2.17. The summed E-state index contributed by atoms with van der Waals surface area (Å²) in [6.45, 7) is 4.43. The molecule has 0 saturated heterocycles. The number of nitrogens with zero attached hydrogens (tertiary/aromatic N) is 10. The number of aromatic nitrogens is 10. The van der Waals surface area contributed by atoms with Crippen molar-refractivity contribution in [1.29, 1.82) is 0 Å². The van der Waals surface area contributed by atoms with Crippen LogP contribution in [0.4, 0.5) is 52.7 Å². The summed E-state index contributed by atoms with van der Waals surface area (Å²) >= 11 is 4.95. The lowest BCUT2D eigenvalue weighted by Crippen LogP contribution is -2.31. The molecule has 6 heterocycles. The molecule has 0 bridgehead atoms. The quantitative estimate of drug-likeness (QED) is 0.106. The first kappa shape index (κ1) is 46.1. The van der Waals surface area contributed by atoms with Crippen LogP contribution in [0, 0.1) is 11.6 Å². The first-order chi connectivity index (χ1) is 27.4. The zero-order valence-corrected chi connectivity index (χ0v) is 31.0. The van der Waals surface area contributed by atoms with E-state index in [4.69, 9.17) is 16.7 Å². The molecule has 0 aliphatic heterocycles. The number of fused-ring (bicyclic) bond motifs is 2. The van der Waals surface area contributed by atoms with Gasteiger partial charge < -0.3 is 19.3 Å². The molecule has 0 fully saturated rings. The van der Waals surface area contributed by atoms with Crippen LogP contribution < -0.4 is 9.47 Å². The van der Waals surface area contributed by atoms with Gasteiger partial charge in [0.15, 0.2) is 35.1 Å². The fourth-order valence-corrected chi connectivity index (χ4v) is 4.44. The Balaban J connectivity index is 0.000000245. The van der Waals surface area contributed by atoms with E-state index >= 15 is 0 Å². The molecule has 0 amide bonds. The Morgan fingerprint density at radius 2 is 1.03 bits per heavy atom. The summed E-state index contributed by atoms with van der Waals surface area (Å²) in [5, 5.41) is 17.5. The van der Waals surface area contributed by atoms with E-state index in [9.17, 15) is 52.7 Å². The molecule has 0 aliphatic rings. The van der Waals surface area contributed by atoms with Crippen molar-refractivity contribution in [3.63, 3.8) is 0 Å². The largest absolute Gasteiger partial charge is 0.463 e. The Morgan fingerprint density at radius 1 is 0.644 bits per heavy atom. The summed E-state index contributed by atoms with van der Waals surface area (Å²) in [5.41, 5.74) is -0.0781.